The molecular weight excluding hydrogens is 266 g/mol. The van der Waals surface area contributed by atoms with Crippen LogP contribution in [0, 0.1) is 5.92 Å². The van der Waals surface area contributed by atoms with E-state index in [0.29, 0.717) is 5.69 Å². The third-order valence-electron chi connectivity index (χ3n) is 2.19. The lowest BCUT2D eigenvalue weighted by Gasteiger charge is -2.03. The molecule has 0 unspecified atom stereocenters. The first kappa shape index (κ1) is 17.4. The molecule has 2 N–H and O–H groups in total. The normalized spacial score (nSPS) is 9.00. The van der Waals surface area contributed by atoms with E-state index >= 15 is 0 Å². The SMILES string of the molecule is COC(=O)C(C=O)C(=O)OC.COc1ccccc1N. The number of nitrogen functional groups attached to an aromatic ring is 1. The van der Waals surface area contributed by atoms with Gasteiger partial charge in [-0.3, -0.25) is 9.59 Å². The van der Waals surface area contributed by atoms with Crippen molar-refractivity contribution in [1.82, 2.24) is 0 Å². The number of carbonyl (C=O) groups is 3. The van der Waals surface area contributed by atoms with Gasteiger partial charge >= 0.3 is 11.9 Å². The zero-order valence-corrected chi connectivity index (χ0v) is 11.5. The van der Waals surface area contributed by atoms with Crippen molar-refractivity contribution in [3.05, 3.63) is 24.3 Å². The first-order valence-corrected chi connectivity index (χ1v) is 5.51. The number of ether oxygens (including phenoxy) is 3. The number of benzene rings is 1. The third kappa shape index (κ3) is 5.38. The number of rotatable bonds is 4. The Kier molecular flexibility index (Phi) is 8.17. The van der Waals surface area contributed by atoms with Crippen molar-refractivity contribution in [2.24, 2.45) is 5.92 Å². The highest BCUT2D eigenvalue weighted by Crippen LogP contribution is 2.18. The predicted molar refractivity (Wildman–Crippen MR) is 71.0 cm³/mol. The summed E-state index contributed by atoms with van der Waals surface area (Å²) in [5.41, 5.74) is 6.19. The summed E-state index contributed by atoms with van der Waals surface area (Å²) in [7, 11) is 3.77. The predicted octanol–water partition coefficient (Wildman–Crippen LogP) is 0.425. The van der Waals surface area contributed by atoms with Gasteiger partial charge in [0.15, 0.2) is 0 Å². The molecule has 0 saturated carbocycles. The molecule has 0 spiro atoms. The summed E-state index contributed by atoms with van der Waals surface area (Å²) in [6.45, 7) is 0. The summed E-state index contributed by atoms with van der Waals surface area (Å²) in [4.78, 5) is 31.3. The molecule has 110 valence electrons. The molecule has 0 aromatic heterocycles. The number of aldehydes is 1. The Morgan fingerprint density at radius 2 is 1.60 bits per heavy atom. The van der Waals surface area contributed by atoms with Crippen LogP contribution in [0.5, 0.6) is 5.75 Å². The fraction of sp³-hybridized carbons (Fsp3) is 0.308. The first-order chi connectivity index (χ1) is 9.51. The quantitative estimate of drug-likeness (QED) is 0.369. The minimum absolute atomic E-state index is 0.178. The third-order valence-corrected chi connectivity index (χ3v) is 2.19. The number of carbonyl (C=O) groups excluding carboxylic acids is 3. The van der Waals surface area contributed by atoms with E-state index in [0.717, 1.165) is 20.0 Å². The maximum atomic E-state index is 10.6. The second-order valence-electron chi connectivity index (χ2n) is 3.40. The number of nitrogens with two attached hydrogens (primary N) is 1. The van der Waals surface area contributed by atoms with E-state index in [1.807, 2.05) is 18.2 Å². The summed E-state index contributed by atoms with van der Waals surface area (Å²) in [5.74, 6) is -2.54. The number of hydrogen-bond acceptors (Lipinski definition) is 7. The van der Waals surface area contributed by atoms with Gasteiger partial charge in [-0.15, -0.1) is 0 Å². The average molecular weight is 283 g/mol. The van der Waals surface area contributed by atoms with E-state index in [1.54, 1.807) is 13.2 Å². The minimum atomic E-state index is -1.45. The molecule has 0 heterocycles. The van der Waals surface area contributed by atoms with Crippen molar-refractivity contribution in [3.63, 3.8) is 0 Å². The van der Waals surface area contributed by atoms with E-state index in [1.165, 1.54) is 0 Å². The van der Waals surface area contributed by atoms with E-state index in [9.17, 15) is 14.4 Å². The van der Waals surface area contributed by atoms with E-state index in [2.05, 4.69) is 9.47 Å². The topological polar surface area (TPSA) is 105 Å². The molecule has 0 fully saturated rings. The number of esters is 2. The van der Waals surface area contributed by atoms with Crippen LogP contribution in [0.4, 0.5) is 5.69 Å². The molecule has 0 atom stereocenters. The second kappa shape index (κ2) is 9.37. The van der Waals surface area contributed by atoms with Crippen LogP contribution in [0.15, 0.2) is 24.3 Å². The van der Waals surface area contributed by atoms with Gasteiger partial charge in [0.1, 0.15) is 12.0 Å². The van der Waals surface area contributed by atoms with Crippen molar-refractivity contribution in [2.75, 3.05) is 27.1 Å². The Hall–Kier alpha value is -2.57. The van der Waals surface area contributed by atoms with Gasteiger partial charge < -0.3 is 24.7 Å². The molecule has 1 aromatic carbocycles. The molecule has 1 rings (SSSR count). The summed E-state index contributed by atoms with van der Waals surface area (Å²) in [6.07, 6.45) is 0.178. The Bertz CT molecular complexity index is 444. The Morgan fingerprint density at radius 1 is 1.10 bits per heavy atom. The van der Waals surface area contributed by atoms with Crippen molar-refractivity contribution < 1.29 is 28.6 Å². The highest BCUT2D eigenvalue weighted by molar-refractivity contribution is 6.07. The van der Waals surface area contributed by atoms with Crippen LogP contribution in [-0.2, 0) is 23.9 Å². The zero-order valence-electron chi connectivity index (χ0n) is 11.5. The van der Waals surface area contributed by atoms with Crippen LogP contribution in [0.3, 0.4) is 0 Å². The van der Waals surface area contributed by atoms with Gasteiger partial charge in [0.2, 0.25) is 5.92 Å². The largest absolute Gasteiger partial charge is 0.495 e. The molecule has 0 aliphatic carbocycles. The van der Waals surface area contributed by atoms with Crippen LogP contribution in [0.2, 0.25) is 0 Å². The smallest absolute Gasteiger partial charge is 0.327 e. The lowest BCUT2D eigenvalue weighted by atomic mass is 10.2. The van der Waals surface area contributed by atoms with Crippen LogP contribution < -0.4 is 10.5 Å². The number of hydrogen-bond donors (Lipinski definition) is 1. The molecule has 7 heteroatoms. The summed E-state index contributed by atoms with van der Waals surface area (Å²) >= 11 is 0. The van der Waals surface area contributed by atoms with Crippen LogP contribution in [0.1, 0.15) is 0 Å². The van der Waals surface area contributed by atoms with Crippen molar-refractivity contribution in [2.45, 2.75) is 0 Å². The molecule has 0 bridgehead atoms. The molecule has 7 nitrogen and oxygen atoms in total. The number of methoxy groups -OCH3 is 3. The van der Waals surface area contributed by atoms with E-state index in [4.69, 9.17) is 10.5 Å². The Balaban J connectivity index is 0.000000367. The summed E-state index contributed by atoms with van der Waals surface area (Å²) in [6, 6.07) is 7.39. The van der Waals surface area contributed by atoms with Crippen molar-refractivity contribution >= 4 is 23.9 Å². The molecule has 0 aliphatic rings. The average Bonchev–Trinajstić information content (AvgIpc) is 2.48. The fourth-order valence-electron chi connectivity index (χ4n) is 1.13. The maximum absolute atomic E-state index is 10.6. The van der Waals surface area contributed by atoms with Gasteiger partial charge in [0.05, 0.1) is 27.0 Å². The number of para-hydroxylation sites is 2. The van der Waals surface area contributed by atoms with Crippen LogP contribution in [0.25, 0.3) is 0 Å². The second-order valence-corrected chi connectivity index (χ2v) is 3.40. The molecule has 1 aromatic rings. The lowest BCUT2D eigenvalue weighted by Crippen LogP contribution is -2.27. The first-order valence-electron chi connectivity index (χ1n) is 5.51. The fourth-order valence-corrected chi connectivity index (χ4v) is 1.13. The van der Waals surface area contributed by atoms with Gasteiger partial charge in [0, 0.05) is 0 Å². The van der Waals surface area contributed by atoms with Gasteiger partial charge in [-0.05, 0) is 12.1 Å². The molecule has 20 heavy (non-hydrogen) atoms. The molecule has 0 radical (unpaired) electrons. The highest BCUT2D eigenvalue weighted by atomic mass is 16.5. The Labute approximate surface area is 116 Å². The number of anilines is 1. The van der Waals surface area contributed by atoms with Crippen LogP contribution in [-0.4, -0.2) is 39.6 Å². The van der Waals surface area contributed by atoms with Gasteiger partial charge in [-0.1, -0.05) is 12.1 Å². The lowest BCUT2D eigenvalue weighted by molar-refractivity contribution is -0.159. The van der Waals surface area contributed by atoms with E-state index < -0.39 is 17.9 Å². The van der Waals surface area contributed by atoms with E-state index in [-0.39, 0.29) is 6.29 Å². The molecular formula is C13H17NO6. The zero-order chi connectivity index (χ0) is 15.5. The molecule has 0 aliphatic heterocycles. The van der Waals surface area contributed by atoms with Gasteiger partial charge in [-0.25, -0.2) is 0 Å². The maximum Gasteiger partial charge on any atom is 0.327 e. The highest BCUT2D eigenvalue weighted by Gasteiger charge is 2.27. The van der Waals surface area contributed by atoms with Gasteiger partial charge in [0.25, 0.3) is 0 Å². The monoisotopic (exact) mass is 283 g/mol. The molecule has 0 amide bonds. The van der Waals surface area contributed by atoms with Gasteiger partial charge in [-0.2, -0.15) is 0 Å². The van der Waals surface area contributed by atoms with Crippen molar-refractivity contribution in [1.29, 1.82) is 0 Å². The van der Waals surface area contributed by atoms with Crippen LogP contribution >= 0.6 is 0 Å². The standard InChI is InChI=1S/C7H9NO.C6H8O5/c1-9-7-5-3-2-4-6(7)8;1-10-5(8)4(3-7)6(9)11-2/h2-5H,8H2,1H3;3-4H,1-2H3. The minimum Gasteiger partial charge on any atom is -0.495 e. The van der Waals surface area contributed by atoms with Crippen molar-refractivity contribution in [3.8, 4) is 5.75 Å². The Morgan fingerprint density at radius 3 is 1.90 bits per heavy atom. The summed E-state index contributed by atoms with van der Waals surface area (Å²) < 4.78 is 13.2. The molecule has 0 saturated heterocycles. The summed E-state index contributed by atoms with van der Waals surface area (Å²) in [5, 5.41) is 0.